The minimum absolute atomic E-state index is 0.0409. The number of ether oxygens (including phenoxy) is 1. The predicted octanol–water partition coefficient (Wildman–Crippen LogP) is 1.98. The number of nitrogens with one attached hydrogen (secondary N) is 1. The SMILES string of the molecule is Cc1cc(C)cc(NC(=O)COC(=O)c2c(C)noc2N)c1. The van der Waals surface area contributed by atoms with Crippen LogP contribution in [0.25, 0.3) is 0 Å². The third kappa shape index (κ3) is 3.63. The first-order valence-electron chi connectivity index (χ1n) is 6.64. The summed E-state index contributed by atoms with van der Waals surface area (Å²) in [7, 11) is 0. The molecular weight excluding hydrogens is 286 g/mol. The lowest BCUT2D eigenvalue weighted by Crippen LogP contribution is -2.21. The minimum Gasteiger partial charge on any atom is -0.452 e. The average Bonchev–Trinajstić information content (AvgIpc) is 2.74. The van der Waals surface area contributed by atoms with Crippen molar-refractivity contribution in [3.05, 3.63) is 40.6 Å². The van der Waals surface area contributed by atoms with E-state index < -0.39 is 18.5 Å². The molecular formula is C15H17N3O4. The smallest absolute Gasteiger partial charge is 0.346 e. The molecule has 0 atom stereocenters. The summed E-state index contributed by atoms with van der Waals surface area (Å²) in [6, 6.07) is 5.65. The zero-order valence-corrected chi connectivity index (χ0v) is 12.6. The number of nitrogens with two attached hydrogens (primary N) is 1. The molecule has 0 aliphatic rings. The van der Waals surface area contributed by atoms with Gasteiger partial charge in [0.15, 0.2) is 6.61 Å². The van der Waals surface area contributed by atoms with Crippen LogP contribution >= 0.6 is 0 Å². The molecule has 22 heavy (non-hydrogen) atoms. The maximum Gasteiger partial charge on any atom is 0.346 e. The number of hydrogen-bond acceptors (Lipinski definition) is 6. The number of nitrogen functional groups attached to an aromatic ring is 1. The molecule has 0 fully saturated rings. The van der Waals surface area contributed by atoms with Gasteiger partial charge in [0.2, 0.25) is 5.88 Å². The van der Waals surface area contributed by atoms with Gasteiger partial charge in [0.05, 0.1) is 5.69 Å². The number of rotatable bonds is 4. The van der Waals surface area contributed by atoms with E-state index in [2.05, 4.69) is 15.0 Å². The highest BCUT2D eigenvalue weighted by molar-refractivity contribution is 5.98. The van der Waals surface area contributed by atoms with Gasteiger partial charge >= 0.3 is 5.97 Å². The van der Waals surface area contributed by atoms with Crippen LogP contribution in [0.4, 0.5) is 11.6 Å². The molecule has 2 aromatic rings. The van der Waals surface area contributed by atoms with Crippen LogP contribution in [0.15, 0.2) is 22.7 Å². The van der Waals surface area contributed by atoms with Crippen molar-refractivity contribution in [3.8, 4) is 0 Å². The first-order valence-corrected chi connectivity index (χ1v) is 6.64. The summed E-state index contributed by atoms with van der Waals surface area (Å²) in [5.74, 6) is -1.31. The van der Waals surface area contributed by atoms with E-state index in [-0.39, 0.29) is 11.4 Å². The van der Waals surface area contributed by atoms with E-state index in [9.17, 15) is 9.59 Å². The first kappa shape index (κ1) is 15.6. The number of benzene rings is 1. The number of carbonyl (C=O) groups excluding carboxylic acids is 2. The Morgan fingerprint density at radius 3 is 2.41 bits per heavy atom. The summed E-state index contributed by atoms with van der Waals surface area (Å²) in [4.78, 5) is 23.7. The van der Waals surface area contributed by atoms with Gasteiger partial charge in [0.25, 0.3) is 5.91 Å². The van der Waals surface area contributed by atoms with Gasteiger partial charge in [-0.05, 0) is 44.0 Å². The molecule has 0 spiro atoms. The van der Waals surface area contributed by atoms with Crippen molar-refractivity contribution in [1.29, 1.82) is 0 Å². The van der Waals surface area contributed by atoms with Crippen molar-refractivity contribution in [2.45, 2.75) is 20.8 Å². The molecule has 1 heterocycles. The largest absolute Gasteiger partial charge is 0.452 e. The summed E-state index contributed by atoms with van der Waals surface area (Å²) >= 11 is 0. The number of amides is 1. The van der Waals surface area contributed by atoms with Crippen molar-refractivity contribution in [1.82, 2.24) is 5.16 Å². The highest BCUT2D eigenvalue weighted by Gasteiger charge is 2.20. The highest BCUT2D eigenvalue weighted by atomic mass is 16.5. The molecule has 7 nitrogen and oxygen atoms in total. The summed E-state index contributed by atoms with van der Waals surface area (Å²) in [6.07, 6.45) is 0. The maximum atomic E-state index is 11.8. The van der Waals surface area contributed by atoms with E-state index in [1.807, 2.05) is 32.0 Å². The number of nitrogens with zero attached hydrogens (tertiary/aromatic N) is 1. The summed E-state index contributed by atoms with van der Waals surface area (Å²) in [5, 5.41) is 6.22. The van der Waals surface area contributed by atoms with Crippen LogP contribution in [0.2, 0.25) is 0 Å². The molecule has 0 saturated heterocycles. The predicted molar refractivity (Wildman–Crippen MR) is 80.5 cm³/mol. The van der Waals surface area contributed by atoms with Crippen LogP contribution < -0.4 is 11.1 Å². The van der Waals surface area contributed by atoms with Gasteiger partial charge < -0.3 is 20.3 Å². The van der Waals surface area contributed by atoms with Crippen molar-refractivity contribution >= 4 is 23.4 Å². The average molecular weight is 303 g/mol. The Bertz CT molecular complexity index is 682. The molecule has 1 aromatic heterocycles. The Labute approximate surface area is 127 Å². The van der Waals surface area contributed by atoms with E-state index in [1.54, 1.807) is 6.92 Å². The number of aromatic nitrogens is 1. The Kier molecular flexibility index (Phi) is 4.45. The molecule has 0 aliphatic heterocycles. The van der Waals surface area contributed by atoms with Gasteiger partial charge in [-0.25, -0.2) is 4.79 Å². The second-order valence-corrected chi connectivity index (χ2v) is 5.01. The lowest BCUT2D eigenvalue weighted by molar-refractivity contribution is -0.119. The van der Waals surface area contributed by atoms with E-state index in [4.69, 9.17) is 10.5 Å². The molecule has 7 heteroatoms. The molecule has 2 rings (SSSR count). The maximum absolute atomic E-state index is 11.8. The van der Waals surface area contributed by atoms with Gasteiger partial charge in [-0.2, -0.15) is 0 Å². The third-order valence-corrected chi connectivity index (χ3v) is 2.93. The molecule has 1 aromatic carbocycles. The first-order chi connectivity index (χ1) is 10.4. The van der Waals surface area contributed by atoms with E-state index in [1.165, 1.54) is 0 Å². The molecule has 0 radical (unpaired) electrons. The molecule has 0 bridgehead atoms. The quantitative estimate of drug-likeness (QED) is 0.836. The van der Waals surface area contributed by atoms with Crippen molar-refractivity contribution < 1.29 is 18.8 Å². The summed E-state index contributed by atoms with van der Waals surface area (Å²) in [6.45, 7) is 5.00. The van der Waals surface area contributed by atoms with E-state index >= 15 is 0 Å². The number of anilines is 2. The standard InChI is InChI=1S/C15H17N3O4/c1-8-4-9(2)6-11(5-8)17-12(19)7-21-15(20)13-10(3)18-22-14(13)16/h4-6H,7,16H2,1-3H3,(H,17,19). The van der Waals surface area contributed by atoms with Crippen LogP contribution in [0.5, 0.6) is 0 Å². The van der Waals surface area contributed by atoms with Crippen molar-refractivity contribution in [2.24, 2.45) is 0 Å². The lowest BCUT2D eigenvalue weighted by atomic mass is 10.1. The van der Waals surface area contributed by atoms with Gasteiger partial charge in [-0.1, -0.05) is 11.2 Å². The van der Waals surface area contributed by atoms with Gasteiger partial charge in [-0.3, -0.25) is 4.79 Å². The molecule has 0 unspecified atom stereocenters. The summed E-state index contributed by atoms with van der Waals surface area (Å²) < 4.78 is 9.58. The Hall–Kier alpha value is -2.83. The molecule has 0 aliphatic carbocycles. The third-order valence-electron chi connectivity index (χ3n) is 2.93. The number of hydrogen-bond donors (Lipinski definition) is 2. The summed E-state index contributed by atoms with van der Waals surface area (Å²) in [5.41, 5.74) is 8.54. The van der Waals surface area contributed by atoms with Crippen molar-refractivity contribution in [2.75, 3.05) is 17.7 Å². The van der Waals surface area contributed by atoms with Crippen LogP contribution in [-0.2, 0) is 9.53 Å². The van der Waals surface area contributed by atoms with Crippen LogP contribution in [-0.4, -0.2) is 23.6 Å². The van der Waals surface area contributed by atoms with Gasteiger partial charge in [0.1, 0.15) is 5.56 Å². The van der Waals surface area contributed by atoms with Gasteiger partial charge in [0, 0.05) is 5.69 Å². The highest BCUT2D eigenvalue weighted by Crippen LogP contribution is 2.17. The number of carbonyl (C=O) groups is 2. The van der Waals surface area contributed by atoms with Crippen molar-refractivity contribution in [3.63, 3.8) is 0 Å². The molecule has 0 saturated carbocycles. The van der Waals surface area contributed by atoms with Crippen LogP contribution in [0.3, 0.4) is 0 Å². The van der Waals surface area contributed by atoms with Gasteiger partial charge in [-0.15, -0.1) is 0 Å². The zero-order chi connectivity index (χ0) is 16.3. The fourth-order valence-electron chi connectivity index (χ4n) is 2.08. The topological polar surface area (TPSA) is 107 Å². The second-order valence-electron chi connectivity index (χ2n) is 5.01. The van der Waals surface area contributed by atoms with Crippen LogP contribution in [0.1, 0.15) is 27.2 Å². The molecule has 116 valence electrons. The molecule has 3 N–H and O–H groups in total. The number of aryl methyl sites for hydroxylation is 3. The fourth-order valence-corrected chi connectivity index (χ4v) is 2.08. The Balaban J connectivity index is 1.94. The van der Waals surface area contributed by atoms with E-state index in [0.717, 1.165) is 11.1 Å². The number of esters is 1. The monoisotopic (exact) mass is 303 g/mol. The Morgan fingerprint density at radius 1 is 1.23 bits per heavy atom. The molecule has 1 amide bonds. The zero-order valence-electron chi connectivity index (χ0n) is 12.6. The normalized spacial score (nSPS) is 10.3. The van der Waals surface area contributed by atoms with Crippen LogP contribution in [0, 0.1) is 20.8 Å². The second kappa shape index (κ2) is 6.30. The minimum atomic E-state index is -0.744. The van der Waals surface area contributed by atoms with E-state index in [0.29, 0.717) is 11.4 Å². The lowest BCUT2D eigenvalue weighted by Gasteiger charge is -2.08. The Morgan fingerprint density at radius 2 is 1.86 bits per heavy atom. The fraction of sp³-hybridized carbons (Fsp3) is 0.267.